The van der Waals surface area contributed by atoms with E-state index in [2.05, 4.69) is 51.2 Å². The van der Waals surface area contributed by atoms with E-state index in [0.717, 1.165) is 23.1 Å². The van der Waals surface area contributed by atoms with Gasteiger partial charge in [0.2, 0.25) is 5.13 Å². The number of para-hydroxylation sites is 1. The second-order valence-electron chi connectivity index (χ2n) is 5.62. The van der Waals surface area contributed by atoms with E-state index in [1.54, 1.807) is 0 Å². The topological polar surface area (TPSA) is 49.8 Å². The van der Waals surface area contributed by atoms with E-state index in [9.17, 15) is 0 Å². The van der Waals surface area contributed by atoms with Gasteiger partial charge >= 0.3 is 0 Å². The van der Waals surface area contributed by atoms with E-state index in [1.807, 2.05) is 43.3 Å². The summed E-state index contributed by atoms with van der Waals surface area (Å²) in [5.74, 6) is 0.715. The highest BCUT2D eigenvalue weighted by Crippen LogP contribution is 2.18. The van der Waals surface area contributed by atoms with Crippen molar-refractivity contribution in [3.63, 3.8) is 0 Å². The van der Waals surface area contributed by atoms with Crippen molar-refractivity contribution in [2.75, 3.05) is 5.32 Å². The molecule has 0 aliphatic heterocycles. The maximum atomic E-state index is 4.49. The summed E-state index contributed by atoms with van der Waals surface area (Å²) in [5.41, 5.74) is 4.58. The van der Waals surface area contributed by atoms with E-state index < -0.39 is 0 Å². The monoisotopic (exact) mass is 336 g/mol. The van der Waals surface area contributed by atoms with Crippen LogP contribution in [-0.4, -0.2) is 9.36 Å². The SMILES string of the molecule is CC(=Cc1nsc(Nc2ccccc2)n1)NCc1ccc(C)cc1. The van der Waals surface area contributed by atoms with Crippen molar-refractivity contribution in [1.82, 2.24) is 14.7 Å². The molecule has 0 atom stereocenters. The van der Waals surface area contributed by atoms with Crippen LogP contribution in [0, 0.1) is 6.92 Å². The van der Waals surface area contributed by atoms with Gasteiger partial charge in [0, 0.05) is 35.5 Å². The summed E-state index contributed by atoms with van der Waals surface area (Å²) >= 11 is 1.36. The van der Waals surface area contributed by atoms with Crippen LogP contribution in [0.4, 0.5) is 10.8 Å². The number of anilines is 2. The van der Waals surface area contributed by atoms with Crippen LogP contribution >= 0.6 is 11.5 Å². The Morgan fingerprint density at radius 3 is 2.58 bits per heavy atom. The first-order valence-electron chi connectivity index (χ1n) is 7.82. The molecule has 0 unspecified atom stereocenters. The van der Waals surface area contributed by atoms with Crippen LogP contribution in [-0.2, 0) is 6.54 Å². The van der Waals surface area contributed by atoms with E-state index in [-0.39, 0.29) is 0 Å². The van der Waals surface area contributed by atoms with Gasteiger partial charge in [0.15, 0.2) is 5.82 Å². The zero-order valence-electron chi connectivity index (χ0n) is 13.8. The van der Waals surface area contributed by atoms with E-state index >= 15 is 0 Å². The summed E-state index contributed by atoms with van der Waals surface area (Å²) in [5, 5.41) is 7.44. The fourth-order valence-electron chi connectivity index (χ4n) is 2.18. The minimum Gasteiger partial charge on any atom is -0.384 e. The third-order valence-corrected chi connectivity index (χ3v) is 4.15. The molecule has 1 heterocycles. The van der Waals surface area contributed by atoms with Crippen LogP contribution in [0.25, 0.3) is 6.08 Å². The van der Waals surface area contributed by atoms with Crippen molar-refractivity contribution in [1.29, 1.82) is 0 Å². The van der Waals surface area contributed by atoms with Gasteiger partial charge in [0.05, 0.1) is 0 Å². The standard InChI is InChI=1S/C19H20N4S/c1-14-8-10-16(11-9-14)13-20-15(2)12-18-22-19(24-23-18)21-17-6-4-3-5-7-17/h3-12,20H,13H2,1-2H3,(H,21,22,23). The van der Waals surface area contributed by atoms with Gasteiger partial charge in [-0.15, -0.1) is 0 Å². The summed E-state index contributed by atoms with van der Waals surface area (Å²) in [4.78, 5) is 4.49. The minimum absolute atomic E-state index is 0.715. The Kier molecular flexibility index (Phi) is 5.23. The van der Waals surface area contributed by atoms with E-state index in [1.165, 1.54) is 22.7 Å². The molecule has 122 valence electrons. The predicted octanol–water partition coefficient (Wildman–Crippen LogP) is 4.74. The molecule has 0 aliphatic carbocycles. The summed E-state index contributed by atoms with van der Waals surface area (Å²) in [6.45, 7) is 4.92. The number of rotatable bonds is 6. The molecule has 0 saturated heterocycles. The highest BCUT2D eigenvalue weighted by Gasteiger charge is 2.03. The molecule has 2 N–H and O–H groups in total. The molecule has 0 bridgehead atoms. The minimum atomic E-state index is 0.715. The van der Waals surface area contributed by atoms with Gasteiger partial charge in [-0.2, -0.15) is 9.36 Å². The summed E-state index contributed by atoms with van der Waals surface area (Å²) < 4.78 is 4.37. The second kappa shape index (κ2) is 7.75. The number of allylic oxidation sites excluding steroid dienone is 1. The molecule has 0 saturated carbocycles. The van der Waals surface area contributed by atoms with E-state index in [0.29, 0.717) is 5.82 Å². The lowest BCUT2D eigenvalue weighted by Gasteiger charge is -2.06. The highest BCUT2D eigenvalue weighted by molar-refractivity contribution is 7.09. The van der Waals surface area contributed by atoms with Gasteiger partial charge in [-0.05, 0) is 31.5 Å². The van der Waals surface area contributed by atoms with Crippen molar-refractivity contribution in [2.24, 2.45) is 0 Å². The number of nitrogens with one attached hydrogen (secondary N) is 2. The van der Waals surface area contributed by atoms with Gasteiger partial charge in [-0.1, -0.05) is 48.0 Å². The van der Waals surface area contributed by atoms with Crippen LogP contribution in [0.3, 0.4) is 0 Å². The number of nitrogens with zero attached hydrogens (tertiary/aromatic N) is 2. The molecule has 5 heteroatoms. The average Bonchev–Trinajstić information content (AvgIpc) is 3.02. The Morgan fingerprint density at radius 2 is 1.83 bits per heavy atom. The maximum absolute atomic E-state index is 4.49. The summed E-state index contributed by atoms with van der Waals surface area (Å²) in [6, 6.07) is 18.5. The van der Waals surface area contributed by atoms with Gasteiger partial charge in [0.1, 0.15) is 0 Å². The number of hydrogen-bond donors (Lipinski definition) is 2. The second-order valence-corrected chi connectivity index (χ2v) is 6.37. The molecule has 0 radical (unpaired) electrons. The molecule has 4 nitrogen and oxygen atoms in total. The van der Waals surface area contributed by atoms with Crippen molar-refractivity contribution in [3.8, 4) is 0 Å². The van der Waals surface area contributed by atoms with Gasteiger partial charge in [0.25, 0.3) is 0 Å². The number of hydrogen-bond acceptors (Lipinski definition) is 5. The molecule has 3 aromatic rings. The normalized spacial score (nSPS) is 11.3. The predicted molar refractivity (Wildman–Crippen MR) is 101 cm³/mol. The summed E-state index contributed by atoms with van der Waals surface area (Å²) in [7, 11) is 0. The zero-order chi connectivity index (χ0) is 16.8. The largest absolute Gasteiger partial charge is 0.384 e. The number of aromatic nitrogens is 2. The quantitative estimate of drug-likeness (QED) is 0.682. The molecule has 1 aromatic heterocycles. The first kappa shape index (κ1) is 16.2. The molecular weight excluding hydrogens is 316 g/mol. The van der Waals surface area contributed by atoms with Crippen molar-refractivity contribution in [2.45, 2.75) is 20.4 Å². The van der Waals surface area contributed by atoms with Crippen molar-refractivity contribution >= 4 is 28.4 Å². The van der Waals surface area contributed by atoms with Crippen molar-refractivity contribution < 1.29 is 0 Å². The van der Waals surface area contributed by atoms with Gasteiger partial charge in [-0.3, -0.25) is 0 Å². The zero-order valence-corrected chi connectivity index (χ0v) is 14.6. The Balaban J connectivity index is 1.58. The lowest BCUT2D eigenvalue weighted by Crippen LogP contribution is -2.10. The number of aryl methyl sites for hydroxylation is 1. The van der Waals surface area contributed by atoms with Crippen LogP contribution in [0.5, 0.6) is 0 Å². The van der Waals surface area contributed by atoms with Crippen LogP contribution in [0.2, 0.25) is 0 Å². The molecule has 0 fully saturated rings. The van der Waals surface area contributed by atoms with Gasteiger partial charge in [-0.25, -0.2) is 0 Å². The first-order chi connectivity index (χ1) is 11.7. The third kappa shape index (κ3) is 4.67. The lowest BCUT2D eigenvalue weighted by molar-refractivity contribution is 0.817. The molecule has 0 aliphatic rings. The fourth-order valence-corrected chi connectivity index (χ4v) is 2.75. The smallest absolute Gasteiger partial charge is 0.207 e. The molecule has 24 heavy (non-hydrogen) atoms. The Bertz CT molecular complexity index is 807. The van der Waals surface area contributed by atoms with Crippen LogP contribution < -0.4 is 10.6 Å². The first-order valence-corrected chi connectivity index (χ1v) is 8.60. The fraction of sp³-hybridized carbons (Fsp3) is 0.158. The highest BCUT2D eigenvalue weighted by atomic mass is 32.1. The Hall–Kier alpha value is -2.66. The molecule has 0 spiro atoms. The molecule has 3 rings (SSSR count). The molecular formula is C19H20N4S. The number of benzene rings is 2. The molecule has 0 amide bonds. The van der Waals surface area contributed by atoms with Crippen LogP contribution in [0.1, 0.15) is 23.9 Å². The average molecular weight is 336 g/mol. The molecule has 2 aromatic carbocycles. The van der Waals surface area contributed by atoms with E-state index in [4.69, 9.17) is 0 Å². The van der Waals surface area contributed by atoms with Crippen molar-refractivity contribution in [3.05, 3.63) is 77.2 Å². The lowest BCUT2D eigenvalue weighted by atomic mass is 10.1. The Morgan fingerprint density at radius 1 is 1.08 bits per heavy atom. The third-order valence-electron chi connectivity index (χ3n) is 3.50. The summed E-state index contributed by atoms with van der Waals surface area (Å²) in [6.07, 6.45) is 1.96. The maximum Gasteiger partial charge on any atom is 0.207 e. The Labute approximate surface area is 146 Å². The van der Waals surface area contributed by atoms with Crippen LogP contribution in [0.15, 0.2) is 60.3 Å². The van der Waals surface area contributed by atoms with Gasteiger partial charge < -0.3 is 10.6 Å².